The Morgan fingerprint density at radius 3 is 2.41 bits per heavy atom. The van der Waals surface area contributed by atoms with Gasteiger partial charge in [-0.2, -0.15) is 13.2 Å². The number of alkyl halides is 3. The van der Waals surface area contributed by atoms with E-state index in [9.17, 15) is 28.1 Å². The van der Waals surface area contributed by atoms with Gasteiger partial charge >= 0.3 is 12.1 Å². The summed E-state index contributed by atoms with van der Waals surface area (Å²) in [5.41, 5.74) is 4.22. The van der Waals surface area contributed by atoms with E-state index in [1.54, 1.807) is 0 Å². The maximum Gasteiger partial charge on any atom is 0.471 e. The molecule has 0 fully saturated rings. The molecule has 1 amide bonds. The van der Waals surface area contributed by atoms with Gasteiger partial charge in [0, 0.05) is 12.1 Å². The number of nitrogens with one attached hydrogen (secondary N) is 1. The standard InChI is InChI=1S/C8H6F3N3O3/c9-8(10,11)7(15)13-6-2-1-4(14(16)17)3-5(6)12/h1-3H,12H2,(H,13,15). The molecule has 0 atom stereocenters. The minimum atomic E-state index is -5.05. The lowest BCUT2D eigenvalue weighted by molar-refractivity contribution is -0.384. The lowest BCUT2D eigenvalue weighted by atomic mass is 10.2. The zero-order valence-corrected chi connectivity index (χ0v) is 8.12. The monoisotopic (exact) mass is 249 g/mol. The molecule has 6 nitrogen and oxygen atoms in total. The normalized spacial score (nSPS) is 11.0. The number of carbonyl (C=O) groups excluding carboxylic acids is 1. The first-order chi connectivity index (χ1) is 7.71. The number of anilines is 2. The summed E-state index contributed by atoms with van der Waals surface area (Å²) >= 11 is 0. The Hall–Kier alpha value is -2.32. The zero-order valence-electron chi connectivity index (χ0n) is 8.12. The fourth-order valence-electron chi connectivity index (χ4n) is 0.971. The predicted octanol–water partition coefficient (Wildman–Crippen LogP) is 1.68. The Balaban J connectivity index is 2.95. The SMILES string of the molecule is Nc1cc([N+](=O)[O-])ccc1NC(=O)C(F)(F)F. The number of rotatable bonds is 2. The highest BCUT2D eigenvalue weighted by Gasteiger charge is 2.38. The van der Waals surface area contributed by atoms with Crippen LogP contribution in [0.25, 0.3) is 0 Å². The van der Waals surface area contributed by atoms with E-state index in [1.165, 1.54) is 5.32 Å². The van der Waals surface area contributed by atoms with Gasteiger partial charge in [0.15, 0.2) is 0 Å². The number of amides is 1. The van der Waals surface area contributed by atoms with Gasteiger partial charge in [-0.25, -0.2) is 0 Å². The summed E-state index contributed by atoms with van der Waals surface area (Å²) in [5.74, 6) is -2.20. The first kappa shape index (κ1) is 12.7. The average molecular weight is 249 g/mol. The van der Waals surface area contributed by atoms with E-state index < -0.39 is 17.0 Å². The topological polar surface area (TPSA) is 98.3 Å². The molecule has 0 bridgehead atoms. The second kappa shape index (κ2) is 4.28. The third-order valence-electron chi connectivity index (χ3n) is 1.75. The van der Waals surface area contributed by atoms with E-state index in [0.717, 1.165) is 18.2 Å². The van der Waals surface area contributed by atoms with Crippen molar-refractivity contribution in [1.29, 1.82) is 0 Å². The van der Waals surface area contributed by atoms with Gasteiger partial charge in [-0.05, 0) is 6.07 Å². The van der Waals surface area contributed by atoms with Crippen molar-refractivity contribution in [3.63, 3.8) is 0 Å². The van der Waals surface area contributed by atoms with Gasteiger partial charge in [0.1, 0.15) is 0 Å². The molecule has 0 aliphatic rings. The minimum Gasteiger partial charge on any atom is -0.397 e. The Bertz CT molecular complexity index is 473. The second-order valence-corrected chi connectivity index (χ2v) is 2.98. The number of nitro benzene ring substituents is 1. The average Bonchev–Trinajstić information content (AvgIpc) is 2.19. The molecule has 9 heteroatoms. The van der Waals surface area contributed by atoms with E-state index in [2.05, 4.69) is 0 Å². The second-order valence-electron chi connectivity index (χ2n) is 2.98. The van der Waals surface area contributed by atoms with Crippen LogP contribution >= 0.6 is 0 Å². The largest absolute Gasteiger partial charge is 0.471 e. The van der Waals surface area contributed by atoms with Crippen molar-refractivity contribution in [1.82, 2.24) is 0 Å². The number of hydrogen-bond donors (Lipinski definition) is 2. The molecule has 0 saturated carbocycles. The van der Waals surface area contributed by atoms with Crippen LogP contribution in [0.15, 0.2) is 18.2 Å². The van der Waals surface area contributed by atoms with Gasteiger partial charge in [-0.3, -0.25) is 14.9 Å². The van der Waals surface area contributed by atoms with Crippen LogP contribution in [0.4, 0.5) is 30.2 Å². The molecule has 0 radical (unpaired) electrons. The maximum absolute atomic E-state index is 11.9. The van der Waals surface area contributed by atoms with Crippen LogP contribution < -0.4 is 11.1 Å². The fourth-order valence-corrected chi connectivity index (χ4v) is 0.971. The van der Waals surface area contributed by atoms with Crippen LogP contribution in [0.2, 0.25) is 0 Å². The molecule has 1 aromatic rings. The third kappa shape index (κ3) is 3.06. The fraction of sp³-hybridized carbons (Fsp3) is 0.125. The number of benzene rings is 1. The lowest BCUT2D eigenvalue weighted by Gasteiger charge is -2.09. The quantitative estimate of drug-likeness (QED) is 0.473. The number of nitro groups is 1. The van der Waals surface area contributed by atoms with E-state index in [1.807, 2.05) is 0 Å². The predicted molar refractivity (Wildman–Crippen MR) is 52.2 cm³/mol. The molecule has 1 aromatic carbocycles. The molecule has 17 heavy (non-hydrogen) atoms. The van der Waals surface area contributed by atoms with Gasteiger partial charge in [0.05, 0.1) is 16.3 Å². The van der Waals surface area contributed by atoms with Gasteiger partial charge in [0.25, 0.3) is 5.69 Å². The first-order valence-electron chi connectivity index (χ1n) is 4.14. The molecule has 92 valence electrons. The summed E-state index contributed by atoms with van der Waals surface area (Å²) in [5, 5.41) is 11.8. The Morgan fingerprint density at radius 1 is 1.41 bits per heavy atom. The minimum absolute atomic E-state index is 0.322. The van der Waals surface area contributed by atoms with Gasteiger partial charge in [0.2, 0.25) is 0 Å². The molecule has 0 aromatic heterocycles. The number of non-ortho nitro benzene ring substituents is 1. The van der Waals surface area contributed by atoms with Crippen molar-refractivity contribution in [2.45, 2.75) is 6.18 Å². The third-order valence-corrected chi connectivity index (χ3v) is 1.75. The Labute approximate surface area is 92.4 Å². The van der Waals surface area contributed by atoms with Crippen molar-refractivity contribution in [3.05, 3.63) is 28.3 Å². The molecule has 1 rings (SSSR count). The number of halogens is 3. The highest BCUT2D eigenvalue weighted by atomic mass is 19.4. The summed E-state index contributed by atoms with van der Waals surface area (Å²) in [7, 11) is 0. The van der Waals surface area contributed by atoms with Crippen LogP contribution in [0, 0.1) is 10.1 Å². The zero-order chi connectivity index (χ0) is 13.2. The van der Waals surface area contributed by atoms with Crippen LogP contribution in [0.1, 0.15) is 0 Å². The van der Waals surface area contributed by atoms with Crippen molar-refractivity contribution in [3.8, 4) is 0 Å². The van der Waals surface area contributed by atoms with E-state index >= 15 is 0 Å². The number of nitrogens with zero attached hydrogens (tertiary/aromatic N) is 1. The van der Waals surface area contributed by atoms with Crippen LogP contribution in [0.3, 0.4) is 0 Å². The van der Waals surface area contributed by atoms with E-state index in [4.69, 9.17) is 5.73 Å². The smallest absolute Gasteiger partial charge is 0.397 e. The summed E-state index contributed by atoms with van der Waals surface area (Å²) in [6, 6.07) is 2.71. The lowest BCUT2D eigenvalue weighted by Crippen LogP contribution is -2.30. The molecular weight excluding hydrogens is 243 g/mol. The van der Waals surface area contributed by atoms with Crippen molar-refractivity contribution < 1.29 is 22.9 Å². The molecular formula is C8H6F3N3O3. The molecule has 0 spiro atoms. The summed E-state index contributed by atoms with van der Waals surface area (Å²) in [6.45, 7) is 0. The maximum atomic E-state index is 11.9. The number of carbonyl (C=O) groups is 1. The summed E-state index contributed by atoms with van der Waals surface area (Å²) in [4.78, 5) is 20.1. The highest BCUT2D eigenvalue weighted by Crippen LogP contribution is 2.26. The molecule has 0 unspecified atom stereocenters. The molecule has 0 saturated heterocycles. The van der Waals surface area contributed by atoms with Crippen LogP contribution in [-0.2, 0) is 4.79 Å². The van der Waals surface area contributed by atoms with Crippen molar-refractivity contribution in [2.75, 3.05) is 11.1 Å². The summed E-state index contributed by atoms with van der Waals surface area (Å²) in [6.07, 6.45) is -5.05. The van der Waals surface area contributed by atoms with E-state index in [0.29, 0.717) is 0 Å². The Kier molecular flexibility index (Phi) is 3.21. The Morgan fingerprint density at radius 2 is 2.00 bits per heavy atom. The first-order valence-corrected chi connectivity index (χ1v) is 4.14. The molecule has 3 N–H and O–H groups in total. The van der Waals surface area contributed by atoms with Crippen LogP contribution in [0.5, 0.6) is 0 Å². The van der Waals surface area contributed by atoms with Gasteiger partial charge in [-0.15, -0.1) is 0 Å². The molecule has 0 heterocycles. The highest BCUT2D eigenvalue weighted by molar-refractivity contribution is 5.97. The van der Waals surface area contributed by atoms with Crippen LogP contribution in [-0.4, -0.2) is 17.0 Å². The van der Waals surface area contributed by atoms with Crippen molar-refractivity contribution >= 4 is 23.0 Å². The van der Waals surface area contributed by atoms with Gasteiger partial charge in [-0.1, -0.05) is 0 Å². The molecule has 0 aliphatic heterocycles. The number of nitrogen functional groups attached to an aromatic ring is 1. The van der Waals surface area contributed by atoms with Crippen molar-refractivity contribution in [2.24, 2.45) is 0 Å². The number of hydrogen-bond acceptors (Lipinski definition) is 4. The number of nitrogens with two attached hydrogens (primary N) is 1. The molecule has 0 aliphatic carbocycles. The van der Waals surface area contributed by atoms with E-state index in [-0.39, 0.29) is 17.1 Å². The van der Waals surface area contributed by atoms with Gasteiger partial charge < -0.3 is 11.1 Å². The summed E-state index contributed by atoms with van der Waals surface area (Å²) < 4.78 is 35.7.